The van der Waals surface area contributed by atoms with Crippen molar-refractivity contribution in [3.63, 3.8) is 0 Å². The first-order valence-electron chi connectivity index (χ1n) is 5.58. The Balaban J connectivity index is 2.22. The molecule has 0 aliphatic carbocycles. The van der Waals surface area contributed by atoms with Crippen molar-refractivity contribution in [2.75, 3.05) is 13.2 Å². The summed E-state index contributed by atoms with van der Waals surface area (Å²) in [5.41, 5.74) is 1.73. The van der Waals surface area contributed by atoms with Gasteiger partial charge in [-0.15, -0.1) is 0 Å². The Bertz CT molecular complexity index is 403. The number of nitrogens with zero attached hydrogens (tertiary/aromatic N) is 1. The summed E-state index contributed by atoms with van der Waals surface area (Å²) in [4.78, 5) is 0. The summed E-state index contributed by atoms with van der Waals surface area (Å²) in [5.74, 6) is 0.378. The molecule has 0 amide bonds. The third-order valence-corrected chi connectivity index (χ3v) is 3.31. The smallest absolute Gasteiger partial charge is 0.0992 e. The second-order valence-corrected chi connectivity index (χ2v) is 4.52. The van der Waals surface area contributed by atoms with Crippen molar-refractivity contribution in [1.82, 2.24) is 0 Å². The van der Waals surface area contributed by atoms with Crippen LogP contribution in [0.5, 0.6) is 0 Å². The van der Waals surface area contributed by atoms with Crippen LogP contribution in [0.1, 0.15) is 36.3 Å². The molecule has 16 heavy (non-hydrogen) atoms. The molecule has 1 aromatic carbocycles. The Hall–Kier alpha value is -1.04. The number of benzene rings is 1. The standard InChI is InChI=1S/C13H14ClNO/c14-13-7-10(8-15)4-5-12(13)11-3-1-2-6-16-9-11/h4-5,7,11H,1-3,6,9H2. The highest BCUT2D eigenvalue weighted by atomic mass is 35.5. The minimum absolute atomic E-state index is 0.378. The van der Waals surface area contributed by atoms with Gasteiger partial charge in [-0.05, 0) is 30.5 Å². The second-order valence-electron chi connectivity index (χ2n) is 4.12. The number of hydrogen-bond donors (Lipinski definition) is 0. The van der Waals surface area contributed by atoms with E-state index < -0.39 is 0 Å². The maximum Gasteiger partial charge on any atom is 0.0992 e. The van der Waals surface area contributed by atoms with Gasteiger partial charge in [0.2, 0.25) is 0 Å². The third-order valence-electron chi connectivity index (χ3n) is 2.98. The van der Waals surface area contributed by atoms with E-state index in [-0.39, 0.29) is 0 Å². The zero-order chi connectivity index (χ0) is 11.4. The molecule has 1 fully saturated rings. The molecule has 0 bridgehead atoms. The zero-order valence-electron chi connectivity index (χ0n) is 9.08. The maximum atomic E-state index is 8.77. The van der Waals surface area contributed by atoms with Gasteiger partial charge in [0.25, 0.3) is 0 Å². The summed E-state index contributed by atoms with van der Waals surface area (Å²) < 4.78 is 5.55. The van der Waals surface area contributed by atoms with Gasteiger partial charge in [0.15, 0.2) is 0 Å². The van der Waals surface area contributed by atoms with E-state index in [1.807, 2.05) is 12.1 Å². The predicted molar refractivity (Wildman–Crippen MR) is 63.6 cm³/mol. The predicted octanol–water partition coefficient (Wildman–Crippen LogP) is 3.50. The quantitative estimate of drug-likeness (QED) is 0.747. The van der Waals surface area contributed by atoms with Gasteiger partial charge < -0.3 is 4.74 Å². The van der Waals surface area contributed by atoms with Gasteiger partial charge in [0, 0.05) is 17.5 Å². The van der Waals surface area contributed by atoms with Crippen LogP contribution in [-0.2, 0) is 4.74 Å². The number of ether oxygens (including phenoxy) is 1. The molecule has 84 valence electrons. The summed E-state index contributed by atoms with van der Waals surface area (Å²) in [6, 6.07) is 7.62. The summed E-state index contributed by atoms with van der Waals surface area (Å²) >= 11 is 6.19. The van der Waals surface area contributed by atoms with E-state index in [9.17, 15) is 0 Å². The molecule has 1 atom stereocenters. The Morgan fingerprint density at radius 2 is 2.25 bits per heavy atom. The van der Waals surface area contributed by atoms with Crippen LogP contribution in [0.4, 0.5) is 0 Å². The number of hydrogen-bond acceptors (Lipinski definition) is 2. The lowest BCUT2D eigenvalue weighted by Gasteiger charge is -2.15. The summed E-state index contributed by atoms with van der Waals surface area (Å²) in [7, 11) is 0. The highest BCUT2D eigenvalue weighted by Crippen LogP contribution is 2.31. The van der Waals surface area contributed by atoms with E-state index in [1.165, 1.54) is 6.42 Å². The average molecular weight is 236 g/mol. The number of nitriles is 1. The summed E-state index contributed by atoms with van der Waals surface area (Å²) in [6.07, 6.45) is 3.43. The Labute approximate surface area is 101 Å². The molecule has 1 aromatic rings. The normalized spacial score (nSPS) is 21.1. The molecule has 1 saturated heterocycles. The molecule has 0 N–H and O–H groups in total. The molecule has 3 heteroatoms. The van der Waals surface area contributed by atoms with E-state index in [0.29, 0.717) is 16.5 Å². The lowest BCUT2D eigenvalue weighted by Crippen LogP contribution is -2.06. The fraction of sp³-hybridized carbons (Fsp3) is 0.462. The van der Waals surface area contributed by atoms with E-state index in [0.717, 1.165) is 31.6 Å². The molecule has 1 aliphatic rings. The minimum atomic E-state index is 0.378. The molecular formula is C13H14ClNO. The Morgan fingerprint density at radius 3 is 3.00 bits per heavy atom. The minimum Gasteiger partial charge on any atom is -0.381 e. The van der Waals surface area contributed by atoms with Crippen molar-refractivity contribution >= 4 is 11.6 Å². The van der Waals surface area contributed by atoms with Gasteiger partial charge in [0.05, 0.1) is 18.2 Å². The molecule has 0 aromatic heterocycles. The lowest BCUT2D eigenvalue weighted by molar-refractivity contribution is 0.134. The molecular weight excluding hydrogens is 222 g/mol. The summed E-state index contributed by atoms with van der Waals surface area (Å²) in [6.45, 7) is 1.59. The molecule has 0 saturated carbocycles. The Morgan fingerprint density at radius 1 is 1.38 bits per heavy atom. The monoisotopic (exact) mass is 235 g/mol. The molecule has 1 unspecified atom stereocenters. The molecule has 1 heterocycles. The summed E-state index contributed by atoms with van der Waals surface area (Å²) in [5, 5.41) is 9.46. The van der Waals surface area contributed by atoms with Crippen LogP contribution in [0, 0.1) is 11.3 Å². The van der Waals surface area contributed by atoms with Crippen molar-refractivity contribution in [2.45, 2.75) is 25.2 Å². The van der Waals surface area contributed by atoms with Crippen LogP contribution in [0.25, 0.3) is 0 Å². The first-order valence-corrected chi connectivity index (χ1v) is 5.96. The topological polar surface area (TPSA) is 33.0 Å². The largest absolute Gasteiger partial charge is 0.381 e. The highest BCUT2D eigenvalue weighted by molar-refractivity contribution is 6.31. The first-order chi connectivity index (χ1) is 7.81. The fourth-order valence-electron chi connectivity index (χ4n) is 2.08. The van der Waals surface area contributed by atoms with E-state index in [2.05, 4.69) is 6.07 Å². The maximum absolute atomic E-state index is 8.77. The molecule has 2 rings (SSSR count). The van der Waals surface area contributed by atoms with E-state index in [1.54, 1.807) is 6.07 Å². The van der Waals surface area contributed by atoms with Crippen LogP contribution in [0.3, 0.4) is 0 Å². The van der Waals surface area contributed by atoms with Crippen LogP contribution in [-0.4, -0.2) is 13.2 Å². The molecule has 0 radical (unpaired) electrons. The van der Waals surface area contributed by atoms with Gasteiger partial charge in [-0.3, -0.25) is 0 Å². The van der Waals surface area contributed by atoms with Crippen LogP contribution in [0.15, 0.2) is 18.2 Å². The van der Waals surface area contributed by atoms with Gasteiger partial charge in [0.1, 0.15) is 0 Å². The van der Waals surface area contributed by atoms with Gasteiger partial charge in [-0.2, -0.15) is 5.26 Å². The second kappa shape index (κ2) is 5.34. The first kappa shape index (κ1) is 11.4. The zero-order valence-corrected chi connectivity index (χ0v) is 9.83. The Kier molecular flexibility index (Phi) is 3.82. The van der Waals surface area contributed by atoms with Crippen LogP contribution < -0.4 is 0 Å². The van der Waals surface area contributed by atoms with Gasteiger partial charge in [-0.25, -0.2) is 0 Å². The lowest BCUT2D eigenvalue weighted by atomic mass is 9.94. The van der Waals surface area contributed by atoms with Gasteiger partial charge >= 0.3 is 0 Å². The number of rotatable bonds is 1. The molecule has 1 aliphatic heterocycles. The van der Waals surface area contributed by atoms with Crippen LogP contribution in [0.2, 0.25) is 5.02 Å². The third kappa shape index (κ3) is 2.55. The van der Waals surface area contributed by atoms with E-state index in [4.69, 9.17) is 21.6 Å². The van der Waals surface area contributed by atoms with Crippen molar-refractivity contribution in [3.05, 3.63) is 34.3 Å². The van der Waals surface area contributed by atoms with Crippen molar-refractivity contribution in [2.24, 2.45) is 0 Å². The van der Waals surface area contributed by atoms with Crippen molar-refractivity contribution < 1.29 is 4.74 Å². The van der Waals surface area contributed by atoms with Crippen molar-refractivity contribution in [3.8, 4) is 6.07 Å². The fourth-order valence-corrected chi connectivity index (χ4v) is 2.41. The molecule has 0 spiro atoms. The van der Waals surface area contributed by atoms with Crippen molar-refractivity contribution in [1.29, 1.82) is 5.26 Å². The average Bonchev–Trinajstić information content (AvgIpc) is 2.57. The van der Waals surface area contributed by atoms with Crippen LogP contribution >= 0.6 is 11.6 Å². The van der Waals surface area contributed by atoms with Gasteiger partial charge in [-0.1, -0.05) is 24.1 Å². The number of halogens is 1. The highest BCUT2D eigenvalue weighted by Gasteiger charge is 2.17. The van der Waals surface area contributed by atoms with E-state index >= 15 is 0 Å². The molecule has 2 nitrogen and oxygen atoms in total. The SMILES string of the molecule is N#Cc1ccc(C2CCCCOC2)c(Cl)c1.